The van der Waals surface area contributed by atoms with Crippen molar-refractivity contribution < 1.29 is 9.53 Å². The smallest absolute Gasteiger partial charge is 0.271 e. The Balaban J connectivity index is 1.37. The molecule has 27 heavy (non-hydrogen) atoms. The topological polar surface area (TPSA) is 69.0 Å². The van der Waals surface area contributed by atoms with Crippen LogP contribution in [0.1, 0.15) is 33.5 Å². The molecule has 1 aliphatic heterocycles. The van der Waals surface area contributed by atoms with E-state index in [1.165, 1.54) is 0 Å². The molecule has 6 nitrogen and oxygen atoms in total. The van der Waals surface area contributed by atoms with Crippen molar-refractivity contribution in [1.29, 1.82) is 0 Å². The molecule has 0 fully saturated rings. The van der Waals surface area contributed by atoms with Gasteiger partial charge in [-0.25, -0.2) is 0 Å². The standard InChI is InChI=1S/C20H19BrN4O2/c21-15-6-4-14(5-7-15)19-12-25-17(13-27-19)11-18(24-25)20(26)23-10-8-16-3-1-2-9-22-16/h1-7,9,11,19H,8,10,12-13H2,(H,23,26)/t19-/m0/s1. The van der Waals surface area contributed by atoms with Gasteiger partial charge in [0, 0.05) is 29.3 Å². The predicted octanol–water partition coefficient (Wildman–Crippen LogP) is 3.28. The first kappa shape index (κ1) is 17.9. The van der Waals surface area contributed by atoms with Gasteiger partial charge in [0.25, 0.3) is 5.91 Å². The maximum Gasteiger partial charge on any atom is 0.271 e. The molecule has 0 saturated heterocycles. The maximum atomic E-state index is 12.4. The number of fused-ring (bicyclic) bond motifs is 1. The van der Waals surface area contributed by atoms with Gasteiger partial charge in [-0.3, -0.25) is 14.5 Å². The number of carbonyl (C=O) groups excluding carboxylic acids is 1. The summed E-state index contributed by atoms with van der Waals surface area (Å²) in [5, 5.41) is 7.37. The number of hydrogen-bond acceptors (Lipinski definition) is 4. The summed E-state index contributed by atoms with van der Waals surface area (Å²) in [6, 6.07) is 15.6. The number of carbonyl (C=O) groups is 1. The highest BCUT2D eigenvalue weighted by atomic mass is 79.9. The van der Waals surface area contributed by atoms with Crippen molar-refractivity contribution in [1.82, 2.24) is 20.1 Å². The fourth-order valence-corrected chi connectivity index (χ4v) is 3.32. The summed E-state index contributed by atoms with van der Waals surface area (Å²) < 4.78 is 8.85. The molecule has 0 aliphatic carbocycles. The molecule has 2 aromatic heterocycles. The van der Waals surface area contributed by atoms with Crippen LogP contribution < -0.4 is 5.32 Å². The van der Waals surface area contributed by atoms with E-state index >= 15 is 0 Å². The summed E-state index contributed by atoms with van der Waals surface area (Å²) in [5.74, 6) is -0.173. The van der Waals surface area contributed by atoms with E-state index in [2.05, 4.69) is 31.3 Å². The molecule has 0 spiro atoms. The Morgan fingerprint density at radius 3 is 2.89 bits per heavy atom. The summed E-state index contributed by atoms with van der Waals surface area (Å²) in [4.78, 5) is 16.6. The van der Waals surface area contributed by atoms with Gasteiger partial charge in [0.15, 0.2) is 5.69 Å². The van der Waals surface area contributed by atoms with Gasteiger partial charge in [0.2, 0.25) is 0 Å². The summed E-state index contributed by atoms with van der Waals surface area (Å²) in [7, 11) is 0. The third-order valence-electron chi connectivity index (χ3n) is 4.50. The van der Waals surface area contributed by atoms with Crippen LogP contribution in [0.3, 0.4) is 0 Å². The number of amides is 1. The molecule has 138 valence electrons. The first-order valence-electron chi connectivity index (χ1n) is 8.81. The molecule has 1 atom stereocenters. The Hall–Kier alpha value is -2.51. The molecule has 4 rings (SSSR count). The van der Waals surface area contributed by atoms with E-state index in [1.54, 1.807) is 12.3 Å². The Morgan fingerprint density at radius 1 is 1.26 bits per heavy atom. The van der Waals surface area contributed by atoms with E-state index in [4.69, 9.17) is 4.74 Å². The van der Waals surface area contributed by atoms with E-state index in [9.17, 15) is 4.79 Å². The number of nitrogens with one attached hydrogen (secondary N) is 1. The minimum Gasteiger partial charge on any atom is -0.365 e. The molecule has 1 N–H and O–H groups in total. The van der Waals surface area contributed by atoms with Crippen LogP contribution >= 0.6 is 15.9 Å². The number of nitrogens with zero attached hydrogens (tertiary/aromatic N) is 3. The number of rotatable bonds is 5. The molecule has 0 unspecified atom stereocenters. The van der Waals surface area contributed by atoms with E-state index in [1.807, 2.05) is 47.1 Å². The van der Waals surface area contributed by atoms with Gasteiger partial charge in [0.05, 0.1) is 18.8 Å². The van der Waals surface area contributed by atoms with E-state index in [-0.39, 0.29) is 12.0 Å². The van der Waals surface area contributed by atoms with Crippen molar-refractivity contribution in [3.8, 4) is 0 Å². The predicted molar refractivity (Wildman–Crippen MR) is 104 cm³/mol. The van der Waals surface area contributed by atoms with E-state index < -0.39 is 0 Å². The van der Waals surface area contributed by atoms with Crippen LogP contribution in [0, 0.1) is 0 Å². The first-order chi connectivity index (χ1) is 13.2. The zero-order valence-corrected chi connectivity index (χ0v) is 16.2. The number of benzene rings is 1. The van der Waals surface area contributed by atoms with Crippen molar-refractivity contribution in [2.24, 2.45) is 0 Å². The molecule has 1 aliphatic rings. The zero-order valence-electron chi connectivity index (χ0n) is 14.6. The van der Waals surface area contributed by atoms with Gasteiger partial charge in [-0.05, 0) is 35.9 Å². The average molecular weight is 427 g/mol. The second-order valence-corrected chi connectivity index (χ2v) is 7.30. The number of halogens is 1. The lowest BCUT2D eigenvalue weighted by atomic mass is 10.1. The summed E-state index contributed by atoms with van der Waals surface area (Å²) in [6.07, 6.45) is 2.38. The SMILES string of the molecule is O=C(NCCc1ccccn1)c1cc2n(n1)C[C@@H](c1ccc(Br)cc1)OC2. The van der Waals surface area contributed by atoms with Crippen molar-refractivity contribution >= 4 is 21.8 Å². The molecule has 0 radical (unpaired) electrons. The lowest BCUT2D eigenvalue weighted by Crippen LogP contribution is -2.26. The highest BCUT2D eigenvalue weighted by molar-refractivity contribution is 9.10. The van der Waals surface area contributed by atoms with E-state index in [0.29, 0.717) is 31.8 Å². The van der Waals surface area contributed by atoms with Gasteiger partial charge in [0.1, 0.15) is 6.10 Å². The van der Waals surface area contributed by atoms with Gasteiger partial charge in [-0.2, -0.15) is 5.10 Å². The monoisotopic (exact) mass is 426 g/mol. The summed E-state index contributed by atoms with van der Waals surface area (Å²) >= 11 is 3.44. The number of hydrogen-bond donors (Lipinski definition) is 1. The van der Waals surface area contributed by atoms with Crippen LogP contribution in [0.2, 0.25) is 0 Å². The fraction of sp³-hybridized carbons (Fsp3) is 0.250. The zero-order chi connectivity index (χ0) is 18.6. The van der Waals surface area contributed by atoms with Crippen LogP contribution in [-0.4, -0.2) is 27.2 Å². The third kappa shape index (κ3) is 4.26. The van der Waals surface area contributed by atoms with Crippen LogP contribution in [0.25, 0.3) is 0 Å². The molecule has 1 aromatic carbocycles. The highest BCUT2D eigenvalue weighted by Crippen LogP contribution is 2.27. The minimum absolute atomic E-state index is 0.0643. The first-order valence-corrected chi connectivity index (χ1v) is 9.60. The Morgan fingerprint density at radius 2 is 2.11 bits per heavy atom. The quantitative estimate of drug-likeness (QED) is 0.679. The van der Waals surface area contributed by atoms with Gasteiger partial charge >= 0.3 is 0 Å². The summed E-state index contributed by atoms with van der Waals surface area (Å²) in [5.41, 5.74) is 3.39. The number of pyridine rings is 1. The molecule has 0 saturated carbocycles. The van der Waals surface area contributed by atoms with Gasteiger partial charge < -0.3 is 10.1 Å². The molecule has 3 aromatic rings. The molecular formula is C20H19BrN4O2. The van der Waals surface area contributed by atoms with Crippen molar-refractivity contribution in [3.63, 3.8) is 0 Å². The van der Waals surface area contributed by atoms with Crippen LogP contribution in [0.15, 0.2) is 59.2 Å². The third-order valence-corrected chi connectivity index (χ3v) is 5.03. The second kappa shape index (κ2) is 8.02. The maximum absolute atomic E-state index is 12.4. The Bertz CT molecular complexity index is 925. The van der Waals surface area contributed by atoms with Gasteiger partial charge in [-0.15, -0.1) is 0 Å². The summed E-state index contributed by atoms with van der Waals surface area (Å²) in [6.45, 7) is 1.56. The molecule has 7 heteroatoms. The Kier molecular flexibility index (Phi) is 5.31. The second-order valence-electron chi connectivity index (χ2n) is 6.38. The van der Waals surface area contributed by atoms with Crippen LogP contribution in [-0.2, 0) is 24.3 Å². The lowest BCUT2D eigenvalue weighted by molar-refractivity contribution is -0.00120. The van der Waals surface area contributed by atoms with Crippen LogP contribution in [0.4, 0.5) is 0 Å². The normalized spacial score (nSPS) is 16.0. The fourth-order valence-electron chi connectivity index (χ4n) is 3.06. The molecular weight excluding hydrogens is 408 g/mol. The highest BCUT2D eigenvalue weighted by Gasteiger charge is 2.24. The molecule has 1 amide bonds. The molecule has 0 bridgehead atoms. The lowest BCUT2D eigenvalue weighted by Gasteiger charge is -2.24. The van der Waals surface area contributed by atoms with Gasteiger partial charge in [-0.1, -0.05) is 34.1 Å². The van der Waals surface area contributed by atoms with Crippen molar-refractivity contribution in [3.05, 3.63) is 81.8 Å². The largest absolute Gasteiger partial charge is 0.365 e. The number of aromatic nitrogens is 3. The Labute approximate surface area is 165 Å². The molecule has 3 heterocycles. The van der Waals surface area contributed by atoms with Crippen molar-refractivity contribution in [2.45, 2.75) is 25.7 Å². The average Bonchev–Trinajstić information content (AvgIpc) is 3.13. The minimum atomic E-state index is -0.173. The van der Waals surface area contributed by atoms with Crippen molar-refractivity contribution in [2.75, 3.05) is 6.54 Å². The van der Waals surface area contributed by atoms with E-state index in [0.717, 1.165) is 21.4 Å². The van der Waals surface area contributed by atoms with Crippen LogP contribution in [0.5, 0.6) is 0 Å². The number of ether oxygens (including phenoxy) is 1.